The van der Waals surface area contributed by atoms with Crippen LogP contribution in [0, 0.1) is 18.3 Å². The quantitative estimate of drug-likeness (QED) is 0.851. The molecule has 114 valence electrons. The van der Waals surface area contributed by atoms with Crippen LogP contribution in [-0.2, 0) is 11.3 Å². The minimum Gasteiger partial charge on any atom is -0.383 e. The van der Waals surface area contributed by atoms with Crippen LogP contribution in [0.3, 0.4) is 0 Å². The van der Waals surface area contributed by atoms with Gasteiger partial charge in [-0.3, -0.25) is 4.79 Å². The second-order valence-electron chi connectivity index (χ2n) is 5.51. The number of methoxy groups -OCH3 is 1. The van der Waals surface area contributed by atoms with Crippen molar-refractivity contribution in [3.8, 4) is 6.07 Å². The van der Waals surface area contributed by atoms with E-state index in [9.17, 15) is 10.1 Å². The number of aryl methyl sites for hydroxylation is 1. The molecule has 1 saturated heterocycles. The first-order chi connectivity index (χ1) is 10.2. The zero-order chi connectivity index (χ0) is 15.2. The van der Waals surface area contributed by atoms with E-state index in [1.807, 2.05) is 13.0 Å². The van der Waals surface area contributed by atoms with Gasteiger partial charge in [0, 0.05) is 32.4 Å². The molecule has 0 unspecified atom stereocenters. The molecule has 5 heteroatoms. The summed E-state index contributed by atoms with van der Waals surface area (Å²) in [5, 5.41) is 9.42. The Kier molecular flexibility index (Phi) is 5.40. The van der Waals surface area contributed by atoms with Crippen molar-refractivity contribution in [3.05, 3.63) is 27.7 Å². The summed E-state index contributed by atoms with van der Waals surface area (Å²) in [5.74, 6) is 0. The number of ether oxygens (including phenoxy) is 1. The Morgan fingerprint density at radius 1 is 1.29 bits per heavy atom. The first-order valence-corrected chi connectivity index (χ1v) is 7.57. The van der Waals surface area contributed by atoms with Crippen molar-refractivity contribution in [2.75, 3.05) is 31.7 Å². The molecule has 1 aliphatic heterocycles. The maximum absolute atomic E-state index is 12.5. The van der Waals surface area contributed by atoms with Gasteiger partial charge in [-0.05, 0) is 25.8 Å². The van der Waals surface area contributed by atoms with Gasteiger partial charge in [0.1, 0.15) is 11.6 Å². The van der Waals surface area contributed by atoms with Gasteiger partial charge in [0.15, 0.2) is 0 Å². The number of nitriles is 1. The number of hydrogen-bond acceptors (Lipinski definition) is 4. The Balaban J connectivity index is 2.42. The van der Waals surface area contributed by atoms with E-state index in [0.29, 0.717) is 13.2 Å². The van der Waals surface area contributed by atoms with Crippen molar-refractivity contribution in [1.29, 1.82) is 5.26 Å². The third-order valence-electron chi connectivity index (χ3n) is 4.06. The fraction of sp³-hybridized carbons (Fsp3) is 0.625. The first-order valence-electron chi connectivity index (χ1n) is 7.57. The van der Waals surface area contributed by atoms with Gasteiger partial charge in [-0.15, -0.1) is 0 Å². The Labute approximate surface area is 125 Å². The van der Waals surface area contributed by atoms with Gasteiger partial charge in [0.25, 0.3) is 5.56 Å². The molecule has 21 heavy (non-hydrogen) atoms. The van der Waals surface area contributed by atoms with Gasteiger partial charge >= 0.3 is 0 Å². The summed E-state index contributed by atoms with van der Waals surface area (Å²) < 4.78 is 6.67. The molecule has 0 aromatic carbocycles. The highest BCUT2D eigenvalue weighted by Gasteiger charge is 2.18. The van der Waals surface area contributed by atoms with E-state index in [1.165, 1.54) is 12.8 Å². The number of nitrogens with zero attached hydrogens (tertiary/aromatic N) is 3. The molecule has 0 radical (unpaired) electrons. The van der Waals surface area contributed by atoms with Crippen molar-refractivity contribution >= 4 is 5.69 Å². The molecule has 0 atom stereocenters. The molecule has 1 aliphatic rings. The molecule has 1 fully saturated rings. The zero-order valence-corrected chi connectivity index (χ0v) is 12.9. The van der Waals surface area contributed by atoms with Gasteiger partial charge in [-0.2, -0.15) is 5.26 Å². The highest BCUT2D eigenvalue weighted by atomic mass is 16.5. The summed E-state index contributed by atoms with van der Waals surface area (Å²) in [6.45, 7) is 4.72. The summed E-state index contributed by atoms with van der Waals surface area (Å²) in [6.07, 6.45) is 4.69. The molecule has 0 spiro atoms. The Morgan fingerprint density at radius 3 is 2.52 bits per heavy atom. The van der Waals surface area contributed by atoms with E-state index in [-0.39, 0.29) is 11.1 Å². The van der Waals surface area contributed by atoms with Gasteiger partial charge in [0.05, 0.1) is 12.3 Å². The van der Waals surface area contributed by atoms with E-state index in [2.05, 4.69) is 11.0 Å². The lowest BCUT2D eigenvalue weighted by Gasteiger charge is -2.25. The number of aromatic nitrogens is 1. The third kappa shape index (κ3) is 3.45. The molecular formula is C16H23N3O2. The van der Waals surface area contributed by atoms with Crippen LogP contribution in [0.5, 0.6) is 0 Å². The van der Waals surface area contributed by atoms with E-state index < -0.39 is 0 Å². The second kappa shape index (κ2) is 7.28. The predicted octanol–water partition coefficient (Wildman–Crippen LogP) is 2.06. The topological polar surface area (TPSA) is 58.3 Å². The fourth-order valence-electron chi connectivity index (χ4n) is 2.88. The van der Waals surface area contributed by atoms with Gasteiger partial charge < -0.3 is 14.2 Å². The molecule has 0 saturated carbocycles. The molecule has 1 aromatic rings. The fourth-order valence-corrected chi connectivity index (χ4v) is 2.88. The molecule has 2 rings (SSSR count). The number of anilines is 1. The van der Waals surface area contributed by atoms with Crippen LogP contribution in [0.15, 0.2) is 10.9 Å². The summed E-state index contributed by atoms with van der Waals surface area (Å²) in [6, 6.07) is 4.08. The Morgan fingerprint density at radius 2 is 1.95 bits per heavy atom. The van der Waals surface area contributed by atoms with Crippen LogP contribution in [0.2, 0.25) is 0 Å². The van der Waals surface area contributed by atoms with Crippen LogP contribution < -0.4 is 10.5 Å². The first kappa shape index (κ1) is 15.6. The molecule has 0 N–H and O–H groups in total. The molecule has 0 aliphatic carbocycles. The molecule has 1 aromatic heterocycles. The lowest BCUT2D eigenvalue weighted by molar-refractivity contribution is 0.185. The Hall–Kier alpha value is -1.80. The smallest absolute Gasteiger partial charge is 0.270 e. The van der Waals surface area contributed by atoms with Crippen LogP contribution in [-0.4, -0.2) is 31.4 Å². The second-order valence-corrected chi connectivity index (χ2v) is 5.51. The average Bonchev–Trinajstić information content (AvgIpc) is 2.75. The number of hydrogen-bond donors (Lipinski definition) is 0. The Bertz CT molecular complexity index is 578. The average molecular weight is 289 g/mol. The maximum Gasteiger partial charge on any atom is 0.270 e. The summed E-state index contributed by atoms with van der Waals surface area (Å²) in [5.41, 5.74) is 1.75. The van der Waals surface area contributed by atoms with Gasteiger partial charge in [-0.25, -0.2) is 0 Å². The van der Waals surface area contributed by atoms with Crippen LogP contribution in [0.25, 0.3) is 0 Å². The van der Waals surface area contributed by atoms with Crippen molar-refractivity contribution in [3.63, 3.8) is 0 Å². The minimum absolute atomic E-state index is 0.200. The monoisotopic (exact) mass is 289 g/mol. The van der Waals surface area contributed by atoms with Gasteiger partial charge in [-0.1, -0.05) is 12.8 Å². The van der Waals surface area contributed by atoms with Crippen LogP contribution >= 0.6 is 0 Å². The van der Waals surface area contributed by atoms with E-state index in [4.69, 9.17) is 4.74 Å². The lowest BCUT2D eigenvalue weighted by atomic mass is 10.1. The highest BCUT2D eigenvalue weighted by molar-refractivity contribution is 5.59. The maximum atomic E-state index is 12.5. The van der Waals surface area contributed by atoms with E-state index >= 15 is 0 Å². The van der Waals surface area contributed by atoms with Crippen molar-refractivity contribution in [2.24, 2.45) is 0 Å². The van der Waals surface area contributed by atoms with Crippen LogP contribution in [0.4, 0.5) is 5.69 Å². The summed E-state index contributed by atoms with van der Waals surface area (Å²) >= 11 is 0. The SMILES string of the molecule is COCCn1c(C)cc(N2CCCCCC2)c(C#N)c1=O. The van der Waals surface area contributed by atoms with Crippen LogP contribution in [0.1, 0.15) is 36.9 Å². The van der Waals surface area contributed by atoms with Crippen molar-refractivity contribution in [2.45, 2.75) is 39.2 Å². The third-order valence-corrected chi connectivity index (χ3v) is 4.06. The molecule has 0 bridgehead atoms. The molecular weight excluding hydrogens is 266 g/mol. The standard InChI is InChI=1S/C16H23N3O2/c1-13-11-15(18-7-5-3-4-6-8-18)14(12-17)16(20)19(13)9-10-21-2/h11H,3-10H2,1-2H3. The number of rotatable bonds is 4. The minimum atomic E-state index is -0.200. The number of pyridine rings is 1. The van der Waals surface area contributed by atoms with Gasteiger partial charge in [0.2, 0.25) is 0 Å². The van der Waals surface area contributed by atoms with Crippen molar-refractivity contribution in [1.82, 2.24) is 4.57 Å². The predicted molar refractivity (Wildman–Crippen MR) is 82.7 cm³/mol. The molecule has 2 heterocycles. The highest BCUT2D eigenvalue weighted by Crippen LogP contribution is 2.22. The lowest BCUT2D eigenvalue weighted by Crippen LogP contribution is -2.32. The summed E-state index contributed by atoms with van der Waals surface area (Å²) in [7, 11) is 1.61. The zero-order valence-electron chi connectivity index (χ0n) is 12.9. The molecule has 5 nitrogen and oxygen atoms in total. The normalized spacial score (nSPS) is 15.6. The summed E-state index contributed by atoms with van der Waals surface area (Å²) in [4.78, 5) is 14.7. The molecule has 0 amide bonds. The van der Waals surface area contributed by atoms with E-state index in [0.717, 1.165) is 37.3 Å². The largest absolute Gasteiger partial charge is 0.383 e. The van der Waals surface area contributed by atoms with Crippen molar-refractivity contribution < 1.29 is 4.74 Å². The van der Waals surface area contributed by atoms with E-state index in [1.54, 1.807) is 11.7 Å².